The van der Waals surface area contributed by atoms with Gasteiger partial charge in [0.1, 0.15) is 5.75 Å². The van der Waals surface area contributed by atoms with E-state index in [1.165, 1.54) is 43.2 Å². The molecule has 158 valence electrons. The Morgan fingerprint density at radius 2 is 1.20 bits per heavy atom. The van der Waals surface area contributed by atoms with Crippen molar-refractivity contribution in [2.45, 2.75) is 45.4 Å². The fourth-order valence-corrected chi connectivity index (χ4v) is 3.03. The molecule has 0 radical (unpaired) electrons. The highest BCUT2D eigenvalue weighted by atomic mass is 16.5. The van der Waals surface area contributed by atoms with Crippen LogP contribution in [0, 0.1) is 0 Å². The van der Waals surface area contributed by atoms with Crippen LogP contribution in [-0.2, 0) is 0 Å². The summed E-state index contributed by atoms with van der Waals surface area (Å²) in [6, 6.07) is 27.3. The molecule has 0 aliphatic heterocycles. The zero-order valence-electron chi connectivity index (χ0n) is 17.8. The molecule has 0 aromatic heterocycles. The Labute approximate surface area is 180 Å². The summed E-state index contributed by atoms with van der Waals surface area (Å²) in [7, 11) is 0. The van der Waals surface area contributed by atoms with E-state index in [1.54, 1.807) is 24.3 Å². The van der Waals surface area contributed by atoms with Crippen molar-refractivity contribution in [3.8, 4) is 16.9 Å². The van der Waals surface area contributed by atoms with Crippen LogP contribution in [0.3, 0.4) is 0 Å². The van der Waals surface area contributed by atoms with Crippen molar-refractivity contribution in [3.63, 3.8) is 0 Å². The van der Waals surface area contributed by atoms with Crippen LogP contribution in [-0.4, -0.2) is 17.7 Å². The second-order valence-corrected chi connectivity index (χ2v) is 7.18. The molecule has 3 nitrogen and oxygen atoms in total. The number of hydrogen-bond donors (Lipinski definition) is 1. The number of benzene rings is 3. The molecular weight excluding hydrogens is 372 g/mol. The van der Waals surface area contributed by atoms with Crippen molar-refractivity contribution in [2.75, 3.05) is 6.61 Å². The number of carboxylic acid groups (broad SMARTS) is 1. The Hall–Kier alpha value is -3.07. The maximum Gasteiger partial charge on any atom is 0.335 e. The van der Waals surface area contributed by atoms with Crippen molar-refractivity contribution in [3.05, 3.63) is 90.5 Å². The van der Waals surface area contributed by atoms with Crippen LogP contribution >= 0.6 is 0 Å². The molecule has 3 rings (SSSR count). The third-order valence-electron chi connectivity index (χ3n) is 4.75. The van der Waals surface area contributed by atoms with Gasteiger partial charge in [0, 0.05) is 0 Å². The number of hydrogen-bond acceptors (Lipinski definition) is 2. The first kappa shape index (κ1) is 23.2. The standard InChI is InChI=1S/C15H22O3.C12H10/c1-2-3-4-5-6-7-12-18-14-10-8-13(9-11-14)15(16)17;1-3-7-11(8-4-1)12-9-5-2-6-10-12/h8-11H,2-7,12H2,1H3,(H,16,17);1-10H. The fraction of sp³-hybridized carbons (Fsp3) is 0.296. The van der Waals surface area contributed by atoms with Crippen molar-refractivity contribution >= 4 is 5.97 Å². The number of ether oxygens (including phenoxy) is 1. The van der Waals surface area contributed by atoms with Crippen LogP contribution in [0.4, 0.5) is 0 Å². The van der Waals surface area contributed by atoms with E-state index in [1.807, 2.05) is 12.1 Å². The summed E-state index contributed by atoms with van der Waals surface area (Å²) in [5, 5.41) is 8.75. The maximum absolute atomic E-state index is 10.7. The SMILES string of the molecule is CCCCCCCCOc1ccc(C(=O)O)cc1.c1ccc(-c2ccccc2)cc1. The zero-order valence-corrected chi connectivity index (χ0v) is 17.8. The molecule has 0 saturated heterocycles. The minimum atomic E-state index is -0.905. The van der Waals surface area contributed by atoms with E-state index < -0.39 is 5.97 Å². The van der Waals surface area contributed by atoms with Crippen molar-refractivity contribution in [1.29, 1.82) is 0 Å². The molecule has 0 spiro atoms. The molecule has 0 heterocycles. The third kappa shape index (κ3) is 8.95. The van der Waals surface area contributed by atoms with E-state index in [0.717, 1.165) is 12.2 Å². The molecule has 0 fully saturated rings. The van der Waals surface area contributed by atoms with E-state index in [4.69, 9.17) is 9.84 Å². The van der Waals surface area contributed by atoms with Gasteiger partial charge in [0.25, 0.3) is 0 Å². The molecule has 0 amide bonds. The molecule has 0 aliphatic carbocycles. The van der Waals surface area contributed by atoms with Crippen LogP contribution < -0.4 is 4.74 Å². The first-order valence-corrected chi connectivity index (χ1v) is 10.8. The number of carbonyl (C=O) groups is 1. The number of rotatable bonds is 10. The van der Waals surface area contributed by atoms with Gasteiger partial charge in [-0.1, -0.05) is 99.7 Å². The summed E-state index contributed by atoms with van der Waals surface area (Å²) in [5.41, 5.74) is 2.85. The molecule has 3 aromatic rings. The molecule has 0 unspecified atom stereocenters. The summed E-state index contributed by atoms with van der Waals surface area (Å²) < 4.78 is 5.55. The number of aromatic carboxylic acids is 1. The molecule has 0 saturated carbocycles. The maximum atomic E-state index is 10.7. The van der Waals surface area contributed by atoms with Crippen LogP contribution in [0.1, 0.15) is 55.8 Å². The van der Waals surface area contributed by atoms with Crippen molar-refractivity contribution < 1.29 is 14.6 Å². The smallest absolute Gasteiger partial charge is 0.335 e. The van der Waals surface area contributed by atoms with Crippen LogP contribution in [0.25, 0.3) is 11.1 Å². The molecule has 3 aromatic carbocycles. The lowest BCUT2D eigenvalue weighted by molar-refractivity contribution is 0.0697. The van der Waals surface area contributed by atoms with Gasteiger partial charge >= 0.3 is 5.97 Å². The predicted molar refractivity (Wildman–Crippen MR) is 124 cm³/mol. The Bertz CT molecular complexity index is 790. The van der Waals surface area contributed by atoms with Gasteiger partial charge in [0.2, 0.25) is 0 Å². The van der Waals surface area contributed by atoms with Crippen LogP contribution in [0.15, 0.2) is 84.9 Å². The lowest BCUT2D eigenvalue weighted by Crippen LogP contribution is -1.99. The molecule has 0 bridgehead atoms. The summed E-state index contributed by atoms with van der Waals surface area (Å²) >= 11 is 0. The van der Waals surface area contributed by atoms with Gasteiger partial charge in [-0.3, -0.25) is 0 Å². The quantitative estimate of drug-likeness (QED) is 0.356. The Kier molecular flexibility index (Phi) is 10.8. The number of unbranched alkanes of at least 4 members (excludes halogenated alkanes) is 5. The summed E-state index contributed by atoms with van der Waals surface area (Å²) in [5.74, 6) is -0.161. The van der Waals surface area contributed by atoms with E-state index >= 15 is 0 Å². The van der Waals surface area contributed by atoms with Gasteiger partial charge in [-0.25, -0.2) is 4.79 Å². The zero-order chi connectivity index (χ0) is 21.4. The Balaban J connectivity index is 0.000000230. The van der Waals surface area contributed by atoms with Gasteiger partial charge in [0.05, 0.1) is 12.2 Å². The average Bonchev–Trinajstić information content (AvgIpc) is 2.80. The van der Waals surface area contributed by atoms with Gasteiger partial charge in [0.15, 0.2) is 0 Å². The van der Waals surface area contributed by atoms with Gasteiger partial charge in [-0.15, -0.1) is 0 Å². The monoisotopic (exact) mass is 404 g/mol. The average molecular weight is 405 g/mol. The molecule has 3 heteroatoms. The Morgan fingerprint density at radius 1 is 0.700 bits per heavy atom. The summed E-state index contributed by atoms with van der Waals surface area (Å²) in [4.78, 5) is 10.7. The van der Waals surface area contributed by atoms with Gasteiger partial charge in [-0.05, 0) is 41.8 Å². The minimum absolute atomic E-state index is 0.293. The topological polar surface area (TPSA) is 46.5 Å². The predicted octanol–water partition coefficient (Wildman–Crippen LogP) is 7.48. The highest BCUT2D eigenvalue weighted by Crippen LogP contribution is 2.17. The first-order valence-electron chi connectivity index (χ1n) is 10.8. The van der Waals surface area contributed by atoms with Gasteiger partial charge in [-0.2, -0.15) is 0 Å². The number of carboxylic acids is 1. The molecule has 30 heavy (non-hydrogen) atoms. The Morgan fingerprint density at radius 3 is 1.70 bits per heavy atom. The van der Waals surface area contributed by atoms with E-state index in [0.29, 0.717) is 12.2 Å². The second kappa shape index (κ2) is 14.0. The van der Waals surface area contributed by atoms with E-state index in [9.17, 15) is 4.79 Å². The van der Waals surface area contributed by atoms with Crippen molar-refractivity contribution in [2.24, 2.45) is 0 Å². The summed E-state index contributed by atoms with van der Waals surface area (Å²) in [6.45, 7) is 2.92. The highest BCUT2D eigenvalue weighted by molar-refractivity contribution is 5.87. The molecule has 1 N–H and O–H groups in total. The molecular formula is C27H32O3. The highest BCUT2D eigenvalue weighted by Gasteiger charge is 2.01. The molecule has 0 aliphatic rings. The molecule has 0 atom stereocenters. The minimum Gasteiger partial charge on any atom is -0.494 e. The normalized spacial score (nSPS) is 10.0. The summed E-state index contributed by atoms with van der Waals surface area (Å²) in [6.07, 6.45) is 7.43. The largest absolute Gasteiger partial charge is 0.494 e. The lowest BCUT2D eigenvalue weighted by atomic mass is 10.1. The van der Waals surface area contributed by atoms with Gasteiger partial charge < -0.3 is 9.84 Å². The van der Waals surface area contributed by atoms with Crippen LogP contribution in [0.5, 0.6) is 5.75 Å². The van der Waals surface area contributed by atoms with E-state index in [2.05, 4.69) is 55.5 Å². The van der Waals surface area contributed by atoms with Crippen LogP contribution in [0.2, 0.25) is 0 Å². The second-order valence-electron chi connectivity index (χ2n) is 7.18. The lowest BCUT2D eigenvalue weighted by Gasteiger charge is -2.06. The van der Waals surface area contributed by atoms with Crippen molar-refractivity contribution in [1.82, 2.24) is 0 Å². The first-order chi connectivity index (χ1) is 14.7. The van der Waals surface area contributed by atoms with E-state index in [-0.39, 0.29) is 0 Å². The third-order valence-corrected chi connectivity index (χ3v) is 4.75. The fourth-order valence-electron chi connectivity index (χ4n) is 3.03.